The highest BCUT2D eigenvalue weighted by Crippen LogP contribution is 2.26. The van der Waals surface area contributed by atoms with Crippen molar-refractivity contribution in [2.24, 2.45) is 0 Å². The van der Waals surface area contributed by atoms with Crippen LogP contribution in [0.2, 0.25) is 10.0 Å². The minimum atomic E-state index is -0.385. The van der Waals surface area contributed by atoms with E-state index in [-0.39, 0.29) is 6.03 Å². The van der Waals surface area contributed by atoms with E-state index in [1.165, 1.54) is 0 Å². The highest BCUT2D eigenvalue weighted by Gasteiger charge is 2.09. The van der Waals surface area contributed by atoms with Gasteiger partial charge in [-0.25, -0.2) is 4.79 Å². The molecule has 0 aromatic heterocycles. The van der Waals surface area contributed by atoms with Gasteiger partial charge >= 0.3 is 6.03 Å². The summed E-state index contributed by atoms with van der Waals surface area (Å²) in [6.07, 6.45) is 0. The first kappa shape index (κ1) is 13.7. The number of rotatable bonds is 2. The number of carbonyl (C=O) groups is 1. The van der Waals surface area contributed by atoms with Crippen LogP contribution in [0, 0.1) is 6.92 Å². The summed E-state index contributed by atoms with van der Waals surface area (Å²) in [6.45, 7) is 1.87. The molecule has 19 heavy (non-hydrogen) atoms. The second-order valence-electron chi connectivity index (χ2n) is 3.99. The van der Waals surface area contributed by atoms with Gasteiger partial charge in [-0.15, -0.1) is 0 Å². The summed E-state index contributed by atoms with van der Waals surface area (Å²) in [6, 6.07) is 12.1. The van der Waals surface area contributed by atoms with Gasteiger partial charge < -0.3 is 10.6 Å². The second-order valence-corrected chi connectivity index (χ2v) is 4.81. The molecule has 2 amide bonds. The highest BCUT2D eigenvalue weighted by molar-refractivity contribution is 6.34. The SMILES string of the molecule is Cc1cccc(Cl)c1NC(=O)Nc1ccccc1Cl. The quantitative estimate of drug-likeness (QED) is 0.809. The Morgan fingerprint density at radius 3 is 2.32 bits per heavy atom. The first-order chi connectivity index (χ1) is 9.08. The van der Waals surface area contributed by atoms with Gasteiger partial charge in [0, 0.05) is 0 Å². The summed E-state index contributed by atoms with van der Waals surface area (Å²) >= 11 is 12.0. The van der Waals surface area contributed by atoms with E-state index in [1.54, 1.807) is 30.3 Å². The molecule has 0 aliphatic rings. The smallest absolute Gasteiger partial charge is 0.306 e. The molecule has 0 fully saturated rings. The number of benzene rings is 2. The fourth-order valence-corrected chi connectivity index (χ4v) is 2.07. The Morgan fingerprint density at radius 2 is 1.63 bits per heavy atom. The normalized spacial score (nSPS) is 10.1. The molecule has 0 saturated carbocycles. The van der Waals surface area contributed by atoms with Crippen molar-refractivity contribution in [1.82, 2.24) is 0 Å². The summed E-state index contributed by atoms with van der Waals surface area (Å²) in [5.74, 6) is 0. The van der Waals surface area contributed by atoms with Gasteiger partial charge in [0.2, 0.25) is 0 Å². The predicted molar refractivity (Wildman–Crippen MR) is 80.3 cm³/mol. The van der Waals surface area contributed by atoms with Crippen molar-refractivity contribution in [3.63, 3.8) is 0 Å². The Balaban J connectivity index is 2.12. The molecular weight excluding hydrogens is 283 g/mol. The molecule has 0 bridgehead atoms. The van der Waals surface area contributed by atoms with Crippen molar-refractivity contribution in [3.8, 4) is 0 Å². The van der Waals surface area contributed by atoms with Gasteiger partial charge in [-0.2, -0.15) is 0 Å². The van der Waals surface area contributed by atoms with Gasteiger partial charge in [0.25, 0.3) is 0 Å². The molecule has 2 aromatic carbocycles. The number of nitrogens with one attached hydrogen (secondary N) is 2. The Bertz CT molecular complexity index is 594. The Labute approximate surface area is 121 Å². The lowest BCUT2D eigenvalue weighted by molar-refractivity contribution is 0.262. The zero-order chi connectivity index (χ0) is 13.8. The topological polar surface area (TPSA) is 41.1 Å². The third-order valence-electron chi connectivity index (χ3n) is 2.58. The third-order valence-corrected chi connectivity index (χ3v) is 3.23. The molecule has 0 heterocycles. The number of aryl methyl sites for hydroxylation is 1. The lowest BCUT2D eigenvalue weighted by Crippen LogP contribution is -2.20. The maximum absolute atomic E-state index is 11.9. The van der Waals surface area contributed by atoms with E-state index in [2.05, 4.69) is 10.6 Å². The molecule has 98 valence electrons. The number of anilines is 2. The lowest BCUT2D eigenvalue weighted by atomic mass is 10.2. The molecular formula is C14H12Cl2N2O. The van der Waals surface area contributed by atoms with Crippen molar-refractivity contribution in [3.05, 3.63) is 58.1 Å². The Kier molecular flexibility index (Phi) is 4.30. The van der Waals surface area contributed by atoms with E-state index in [0.717, 1.165) is 5.56 Å². The average Bonchev–Trinajstić information content (AvgIpc) is 2.37. The predicted octanol–water partition coefficient (Wildman–Crippen LogP) is 4.95. The van der Waals surface area contributed by atoms with Crippen LogP contribution in [0.4, 0.5) is 16.2 Å². The summed E-state index contributed by atoms with van der Waals surface area (Å²) in [5.41, 5.74) is 2.03. The van der Waals surface area contributed by atoms with E-state index in [4.69, 9.17) is 23.2 Å². The highest BCUT2D eigenvalue weighted by atomic mass is 35.5. The number of para-hydroxylation sites is 2. The molecule has 2 rings (SSSR count). The number of carbonyl (C=O) groups excluding carboxylic acids is 1. The van der Waals surface area contributed by atoms with Gasteiger partial charge in [0.15, 0.2) is 0 Å². The van der Waals surface area contributed by atoms with E-state index in [9.17, 15) is 4.79 Å². The molecule has 2 aromatic rings. The molecule has 2 N–H and O–H groups in total. The van der Waals surface area contributed by atoms with Gasteiger partial charge in [-0.1, -0.05) is 47.5 Å². The number of hydrogen-bond donors (Lipinski definition) is 2. The number of halogens is 2. The van der Waals surface area contributed by atoms with Gasteiger partial charge in [-0.3, -0.25) is 0 Å². The standard InChI is InChI=1S/C14H12Cl2N2O/c1-9-5-4-7-11(16)13(9)18-14(19)17-12-8-3-2-6-10(12)15/h2-8H,1H3,(H2,17,18,19). The molecule has 0 aliphatic carbocycles. The molecule has 5 heteroatoms. The minimum absolute atomic E-state index is 0.385. The molecule has 0 aliphatic heterocycles. The first-order valence-corrected chi connectivity index (χ1v) is 6.41. The lowest BCUT2D eigenvalue weighted by Gasteiger charge is -2.12. The van der Waals surface area contributed by atoms with Crippen LogP contribution in [0.1, 0.15) is 5.56 Å². The molecule has 0 atom stereocenters. The van der Waals surface area contributed by atoms with E-state index in [0.29, 0.717) is 21.4 Å². The van der Waals surface area contributed by atoms with E-state index in [1.807, 2.05) is 19.1 Å². The molecule has 0 spiro atoms. The van der Waals surface area contributed by atoms with E-state index < -0.39 is 0 Å². The minimum Gasteiger partial charge on any atom is -0.306 e. The van der Waals surface area contributed by atoms with Crippen molar-refractivity contribution >= 4 is 40.6 Å². The van der Waals surface area contributed by atoms with Crippen LogP contribution >= 0.6 is 23.2 Å². The third kappa shape index (κ3) is 3.40. The van der Waals surface area contributed by atoms with Crippen molar-refractivity contribution in [2.75, 3.05) is 10.6 Å². The summed E-state index contributed by atoms with van der Waals surface area (Å²) < 4.78 is 0. The van der Waals surface area contributed by atoms with Crippen LogP contribution in [-0.2, 0) is 0 Å². The largest absolute Gasteiger partial charge is 0.323 e. The number of amides is 2. The van der Waals surface area contributed by atoms with Gasteiger partial charge in [0.1, 0.15) is 0 Å². The Hall–Kier alpha value is -1.71. The van der Waals surface area contributed by atoms with Crippen LogP contribution in [0.5, 0.6) is 0 Å². The van der Waals surface area contributed by atoms with Gasteiger partial charge in [0.05, 0.1) is 21.4 Å². The summed E-state index contributed by atoms with van der Waals surface area (Å²) in [5, 5.41) is 6.36. The summed E-state index contributed by atoms with van der Waals surface area (Å²) in [7, 11) is 0. The first-order valence-electron chi connectivity index (χ1n) is 5.65. The molecule has 0 saturated heterocycles. The number of urea groups is 1. The van der Waals surface area contributed by atoms with Crippen LogP contribution in [0.3, 0.4) is 0 Å². The molecule has 0 unspecified atom stereocenters. The second kappa shape index (κ2) is 5.95. The average molecular weight is 295 g/mol. The Morgan fingerprint density at radius 1 is 0.947 bits per heavy atom. The van der Waals surface area contributed by atoms with E-state index >= 15 is 0 Å². The van der Waals surface area contributed by atoms with Crippen LogP contribution in [-0.4, -0.2) is 6.03 Å². The van der Waals surface area contributed by atoms with Gasteiger partial charge in [-0.05, 0) is 30.7 Å². The zero-order valence-corrected chi connectivity index (χ0v) is 11.7. The number of hydrogen-bond acceptors (Lipinski definition) is 1. The molecule has 0 radical (unpaired) electrons. The molecule has 3 nitrogen and oxygen atoms in total. The van der Waals surface area contributed by atoms with Crippen LogP contribution in [0.25, 0.3) is 0 Å². The summed E-state index contributed by atoms with van der Waals surface area (Å²) in [4.78, 5) is 11.9. The fraction of sp³-hybridized carbons (Fsp3) is 0.0714. The van der Waals surface area contributed by atoms with Crippen LogP contribution in [0.15, 0.2) is 42.5 Å². The van der Waals surface area contributed by atoms with Crippen molar-refractivity contribution in [2.45, 2.75) is 6.92 Å². The monoisotopic (exact) mass is 294 g/mol. The van der Waals surface area contributed by atoms with Crippen LogP contribution < -0.4 is 10.6 Å². The van der Waals surface area contributed by atoms with Crippen molar-refractivity contribution < 1.29 is 4.79 Å². The zero-order valence-electron chi connectivity index (χ0n) is 10.2. The fourth-order valence-electron chi connectivity index (χ4n) is 1.62. The van der Waals surface area contributed by atoms with Crippen molar-refractivity contribution in [1.29, 1.82) is 0 Å². The maximum Gasteiger partial charge on any atom is 0.323 e. The maximum atomic E-state index is 11.9.